The minimum atomic E-state index is -0.129. The molecule has 0 saturated carbocycles. The zero-order chi connectivity index (χ0) is 15.8. The second-order valence-corrected chi connectivity index (χ2v) is 6.02. The Morgan fingerprint density at radius 1 is 0.909 bits per heavy atom. The SMILES string of the molecule is O=C(Cc1ccccc1)NCCNC(=O)c1cccc(I)c1. The molecule has 0 spiro atoms. The van der Waals surface area contributed by atoms with Crippen molar-refractivity contribution in [2.75, 3.05) is 13.1 Å². The molecule has 4 nitrogen and oxygen atoms in total. The lowest BCUT2D eigenvalue weighted by Crippen LogP contribution is -2.35. The summed E-state index contributed by atoms with van der Waals surface area (Å²) in [7, 11) is 0. The van der Waals surface area contributed by atoms with Crippen LogP contribution in [0.5, 0.6) is 0 Å². The summed E-state index contributed by atoms with van der Waals surface area (Å²) in [6.45, 7) is 0.826. The summed E-state index contributed by atoms with van der Waals surface area (Å²) in [5.74, 6) is -0.175. The Hall–Kier alpha value is -1.89. The van der Waals surface area contributed by atoms with Crippen LogP contribution >= 0.6 is 22.6 Å². The number of carbonyl (C=O) groups excluding carboxylic acids is 2. The van der Waals surface area contributed by atoms with Crippen LogP contribution in [0.2, 0.25) is 0 Å². The van der Waals surface area contributed by atoms with E-state index in [0.29, 0.717) is 25.1 Å². The number of carbonyl (C=O) groups is 2. The summed E-state index contributed by atoms with van der Waals surface area (Å²) in [5, 5.41) is 5.58. The summed E-state index contributed by atoms with van der Waals surface area (Å²) < 4.78 is 1.02. The smallest absolute Gasteiger partial charge is 0.251 e. The van der Waals surface area contributed by atoms with Crippen LogP contribution in [0.4, 0.5) is 0 Å². The molecule has 0 unspecified atom stereocenters. The highest BCUT2D eigenvalue weighted by Crippen LogP contribution is 2.07. The molecule has 0 aromatic heterocycles. The van der Waals surface area contributed by atoms with Crippen molar-refractivity contribution in [3.63, 3.8) is 0 Å². The van der Waals surface area contributed by atoms with E-state index in [1.807, 2.05) is 48.5 Å². The number of halogens is 1. The van der Waals surface area contributed by atoms with Gasteiger partial charge >= 0.3 is 0 Å². The van der Waals surface area contributed by atoms with Crippen molar-refractivity contribution in [3.8, 4) is 0 Å². The van der Waals surface area contributed by atoms with E-state index in [1.165, 1.54) is 0 Å². The predicted octanol–water partition coefficient (Wildman–Crippen LogP) is 2.38. The van der Waals surface area contributed by atoms with Crippen molar-refractivity contribution in [3.05, 3.63) is 69.3 Å². The van der Waals surface area contributed by atoms with Gasteiger partial charge in [-0.2, -0.15) is 0 Å². The van der Waals surface area contributed by atoms with Gasteiger partial charge in [-0.25, -0.2) is 0 Å². The maximum absolute atomic E-state index is 11.9. The van der Waals surface area contributed by atoms with Crippen LogP contribution in [0.25, 0.3) is 0 Å². The lowest BCUT2D eigenvalue weighted by Gasteiger charge is -2.07. The van der Waals surface area contributed by atoms with Crippen LogP contribution in [-0.2, 0) is 11.2 Å². The van der Waals surface area contributed by atoms with Gasteiger partial charge in [0.2, 0.25) is 5.91 Å². The van der Waals surface area contributed by atoms with Gasteiger partial charge in [0.15, 0.2) is 0 Å². The first-order valence-corrected chi connectivity index (χ1v) is 8.07. The van der Waals surface area contributed by atoms with Crippen molar-refractivity contribution in [1.82, 2.24) is 10.6 Å². The first-order chi connectivity index (χ1) is 10.6. The molecule has 2 amide bonds. The summed E-state index contributed by atoms with van der Waals surface area (Å²) in [6, 6.07) is 16.9. The molecule has 2 aromatic carbocycles. The van der Waals surface area contributed by atoms with E-state index in [0.717, 1.165) is 9.13 Å². The molecule has 0 radical (unpaired) electrons. The monoisotopic (exact) mass is 408 g/mol. The van der Waals surface area contributed by atoms with Crippen LogP contribution in [0, 0.1) is 3.57 Å². The highest BCUT2D eigenvalue weighted by atomic mass is 127. The first-order valence-electron chi connectivity index (χ1n) is 6.99. The molecule has 0 aliphatic carbocycles. The van der Waals surface area contributed by atoms with Crippen LogP contribution in [-0.4, -0.2) is 24.9 Å². The second kappa shape index (κ2) is 8.53. The number of nitrogens with one attached hydrogen (secondary N) is 2. The quantitative estimate of drug-likeness (QED) is 0.570. The van der Waals surface area contributed by atoms with E-state index in [-0.39, 0.29) is 11.8 Å². The zero-order valence-corrected chi connectivity index (χ0v) is 14.2. The van der Waals surface area contributed by atoms with Gasteiger partial charge in [0, 0.05) is 22.2 Å². The van der Waals surface area contributed by atoms with E-state index in [4.69, 9.17) is 0 Å². The minimum Gasteiger partial charge on any atom is -0.354 e. The third kappa shape index (κ3) is 5.48. The Morgan fingerprint density at radius 2 is 1.64 bits per heavy atom. The second-order valence-electron chi connectivity index (χ2n) is 4.78. The molecule has 5 heteroatoms. The highest BCUT2D eigenvalue weighted by molar-refractivity contribution is 14.1. The molecule has 2 N–H and O–H groups in total. The Labute approximate surface area is 143 Å². The average molecular weight is 408 g/mol. The van der Waals surface area contributed by atoms with Gasteiger partial charge in [-0.15, -0.1) is 0 Å². The van der Waals surface area contributed by atoms with Crippen LogP contribution in [0.15, 0.2) is 54.6 Å². The molecule has 0 saturated heterocycles. The van der Waals surface area contributed by atoms with E-state index in [9.17, 15) is 9.59 Å². The molecule has 114 valence electrons. The van der Waals surface area contributed by atoms with Crippen molar-refractivity contribution in [2.24, 2.45) is 0 Å². The maximum Gasteiger partial charge on any atom is 0.251 e. The fraction of sp³-hybridized carbons (Fsp3) is 0.176. The molecule has 0 aliphatic rings. The molecule has 2 aromatic rings. The molecular formula is C17H17IN2O2. The number of hydrogen-bond donors (Lipinski definition) is 2. The van der Waals surface area contributed by atoms with Crippen LogP contribution < -0.4 is 10.6 Å². The minimum absolute atomic E-state index is 0.0466. The summed E-state index contributed by atoms with van der Waals surface area (Å²) in [5.41, 5.74) is 1.60. The third-order valence-corrected chi connectivity index (χ3v) is 3.70. The maximum atomic E-state index is 11.9. The van der Waals surface area contributed by atoms with E-state index in [2.05, 4.69) is 33.2 Å². The van der Waals surface area contributed by atoms with Crippen molar-refractivity contribution in [1.29, 1.82) is 0 Å². The highest BCUT2D eigenvalue weighted by Gasteiger charge is 2.06. The van der Waals surface area contributed by atoms with Gasteiger partial charge < -0.3 is 10.6 Å². The standard InChI is InChI=1S/C17H17IN2O2/c18-15-8-4-7-14(12-15)17(22)20-10-9-19-16(21)11-13-5-2-1-3-6-13/h1-8,12H,9-11H2,(H,19,21)(H,20,22). The number of hydrogen-bond acceptors (Lipinski definition) is 2. The predicted molar refractivity (Wildman–Crippen MR) is 94.6 cm³/mol. The fourth-order valence-corrected chi connectivity index (χ4v) is 2.50. The van der Waals surface area contributed by atoms with Crippen molar-refractivity contribution >= 4 is 34.4 Å². The fourth-order valence-electron chi connectivity index (χ4n) is 1.95. The molecule has 0 aliphatic heterocycles. The van der Waals surface area contributed by atoms with Gasteiger partial charge in [-0.3, -0.25) is 9.59 Å². The molecular weight excluding hydrogens is 391 g/mol. The summed E-state index contributed by atoms with van der Waals surface area (Å²) in [6.07, 6.45) is 0.353. The van der Waals surface area contributed by atoms with E-state index in [1.54, 1.807) is 6.07 Å². The number of benzene rings is 2. The molecule has 2 rings (SSSR count). The third-order valence-electron chi connectivity index (χ3n) is 3.03. The topological polar surface area (TPSA) is 58.2 Å². The molecule has 0 heterocycles. The van der Waals surface area contributed by atoms with Gasteiger partial charge in [0.1, 0.15) is 0 Å². The molecule has 0 atom stereocenters. The van der Waals surface area contributed by atoms with E-state index < -0.39 is 0 Å². The Balaban J connectivity index is 1.68. The largest absolute Gasteiger partial charge is 0.354 e. The summed E-state index contributed by atoms with van der Waals surface area (Å²) in [4.78, 5) is 23.7. The molecule has 0 bridgehead atoms. The van der Waals surface area contributed by atoms with Gasteiger partial charge in [-0.05, 0) is 46.4 Å². The van der Waals surface area contributed by atoms with Gasteiger partial charge in [0.05, 0.1) is 6.42 Å². The van der Waals surface area contributed by atoms with E-state index >= 15 is 0 Å². The van der Waals surface area contributed by atoms with Crippen LogP contribution in [0.3, 0.4) is 0 Å². The molecule has 22 heavy (non-hydrogen) atoms. The van der Waals surface area contributed by atoms with Gasteiger partial charge in [-0.1, -0.05) is 36.4 Å². The Kier molecular flexibility index (Phi) is 6.39. The normalized spacial score (nSPS) is 10.0. The lowest BCUT2D eigenvalue weighted by atomic mass is 10.1. The lowest BCUT2D eigenvalue weighted by molar-refractivity contribution is -0.120. The van der Waals surface area contributed by atoms with Crippen molar-refractivity contribution in [2.45, 2.75) is 6.42 Å². The summed E-state index contributed by atoms with van der Waals surface area (Å²) >= 11 is 2.17. The molecule has 0 fully saturated rings. The Bertz CT molecular complexity index is 644. The number of amides is 2. The average Bonchev–Trinajstić information content (AvgIpc) is 2.52. The Morgan fingerprint density at radius 3 is 2.36 bits per heavy atom. The van der Waals surface area contributed by atoms with Gasteiger partial charge in [0.25, 0.3) is 5.91 Å². The van der Waals surface area contributed by atoms with Crippen molar-refractivity contribution < 1.29 is 9.59 Å². The number of rotatable bonds is 6. The van der Waals surface area contributed by atoms with Crippen LogP contribution in [0.1, 0.15) is 15.9 Å². The zero-order valence-electron chi connectivity index (χ0n) is 12.0. The first kappa shape index (κ1) is 16.5.